The summed E-state index contributed by atoms with van der Waals surface area (Å²) >= 11 is 5.74. The van der Waals surface area contributed by atoms with Crippen molar-refractivity contribution in [3.8, 4) is 23.8 Å². The van der Waals surface area contributed by atoms with E-state index < -0.39 is 5.82 Å². The van der Waals surface area contributed by atoms with Crippen molar-refractivity contribution < 1.29 is 13.9 Å². The molecule has 0 saturated heterocycles. The number of hydrogen-bond donors (Lipinski definition) is 0. The summed E-state index contributed by atoms with van der Waals surface area (Å²) in [7, 11) is 0. The van der Waals surface area contributed by atoms with E-state index in [1.165, 1.54) is 12.1 Å². The second-order valence-corrected chi connectivity index (χ2v) is 4.53. The fraction of sp³-hybridized carbons (Fsp3) is 0.231. The number of nitriles is 1. The SMILES string of the molecule is CC(C)Oc1nc(Cl)nc(Oc2ccc(C#N)c(F)c2)n1. The Hall–Kier alpha value is -2.46. The third-order valence-corrected chi connectivity index (χ3v) is 2.35. The summed E-state index contributed by atoms with van der Waals surface area (Å²) in [6.45, 7) is 3.60. The summed E-state index contributed by atoms with van der Waals surface area (Å²) in [6.07, 6.45) is -0.149. The van der Waals surface area contributed by atoms with E-state index in [1.54, 1.807) is 19.9 Å². The first kappa shape index (κ1) is 14.9. The minimum atomic E-state index is -0.700. The predicted molar refractivity (Wildman–Crippen MR) is 71.8 cm³/mol. The van der Waals surface area contributed by atoms with Crippen molar-refractivity contribution >= 4 is 11.6 Å². The Labute approximate surface area is 125 Å². The average molecular weight is 309 g/mol. The van der Waals surface area contributed by atoms with E-state index in [1.807, 2.05) is 0 Å². The number of rotatable bonds is 4. The summed E-state index contributed by atoms with van der Waals surface area (Å²) < 4.78 is 24.1. The van der Waals surface area contributed by atoms with Crippen LogP contribution in [0.4, 0.5) is 4.39 Å². The molecule has 0 aliphatic rings. The predicted octanol–water partition coefficient (Wildman–Crippen LogP) is 3.12. The number of ether oxygens (including phenoxy) is 2. The molecule has 0 N–H and O–H groups in total. The zero-order valence-electron chi connectivity index (χ0n) is 11.2. The summed E-state index contributed by atoms with van der Waals surface area (Å²) in [4.78, 5) is 11.4. The lowest BCUT2D eigenvalue weighted by Crippen LogP contribution is -2.09. The molecule has 0 spiro atoms. The maximum absolute atomic E-state index is 13.5. The van der Waals surface area contributed by atoms with Crippen LogP contribution in [0.2, 0.25) is 5.28 Å². The number of nitrogens with zero attached hydrogens (tertiary/aromatic N) is 4. The van der Waals surface area contributed by atoms with Crippen molar-refractivity contribution in [2.45, 2.75) is 20.0 Å². The standard InChI is InChI=1S/C13H10ClFN4O2/c1-7(2)20-12-17-11(14)18-13(19-12)21-9-4-3-8(6-16)10(15)5-9/h3-5,7H,1-2H3. The molecule has 0 aliphatic heterocycles. The van der Waals surface area contributed by atoms with Gasteiger partial charge in [0.15, 0.2) is 0 Å². The maximum Gasteiger partial charge on any atom is 0.329 e. The molecule has 1 aromatic carbocycles. The van der Waals surface area contributed by atoms with Crippen molar-refractivity contribution in [3.63, 3.8) is 0 Å². The number of benzene rings is 1. The Balaban J connectivity index is 2.25. The van der Waals surface area contributed by atoms with Crippen LogP contribution in [0.25, 0.3) is 0 Å². The lowest BCUT2D eigenvalue weighted by atomic mass is 10.2. The van der Waals surface area contributed by atoms with Crippen LogP contribution >= 0.6 is 11.6 Å². The van der Waals surface area contributed by atoms with Crippen LogP contribution in [-0.2, 0) is 0 Å². The van der Waals surface area contributed by atoms with Gasteiger partial charge in [0.05, 0.1) is 11.7 Å². The highest BCUT2D eigenvalue weighted by Gasteiger charge is 2.11. The molecule has 0 atom stereocenters. The van der Waals surface area contributed by atoms with E-state index >= 15 is 0 Å². The molecule has 0 amide bonds. The van der Waals surface area contributed by atoms with Gasteiger partial charge in [0.1, 0.15) is 17.6 Å². The van der Waals surface area contributed by atoms with E-state index in [9.17, 15) is 4.39 Å². The third kappa shape index (κ3) is 4.00. The summed E-state index contributed by atoms with van der Waals surface area (Å²) in [6, 6.07) is 5.36. The monoisotopic (exact) mass is 308 g/mol. The van der Waals surface area contributed by atoms with Gasteiger partial charge in [0.2, 0.25) is 5.28 Å². The van der Waals surface area contributed by atoms with Crippen LogP contribution in [0.15, 0.2) is 18.2 Å². The van der Waals surface area contributed by atoms with Crippen molar-refractivity contribution in [3.05, 3.63) is 34.9 Å². The van der Waals surface area contributed by atoms with Crippen molar-refractivity contribution in [2.75, 3.05) is 0 Å². The Bertz CT molecular complexity index is 703. The second kappa shape index (κ2) is 6.33. The van der Waals surface area contributed by atoms with Gasteiger partial charge in [-0.25, -0.2) is 4.39 Å². The van der Waals surface area contributed by atoms with Gasteiger partial charge in [-0.3, -0.25) is 0 Å². The highest BCUT2D eigenvalue weighted by atomic mass is 35.5. The fourth-order valence-corrected chi connectivity index (χ4v) is 1.52. The number of halogens is 2. The van der Waals surface area contributed by atoms with Gasteiger partial charge < -0.3 is 9.47 Å². The van der Waals surface area contributed by atoms with Crippen LogP contribution in [0.5, 0.6) is 17.8 Å². The van der Waals surface area contributed by atoms with E-state index in [-0.39, 0.29) is 34.7 Å². The lowest BCUT2D eigenvalue weighted by Gasteiger charge is -2.09. The van der Waals surface area contributed by atoms with Crippen LogP contribution in [0, 0.1) is 17.1 Å². The van der Waals surface area contributed by atoms with Gasteiger partial charge in [-0.15, -0.1) is 4.98 Å². The van der Waals surface area contributed by atoms with E-state index in [4.69, 9.17) is 26.3 Å². The van der Waals surface area contributed by atoms with Crippen LogP contribution in [-0.4, -0.2) is 21.1 Å². The highest BCUT2D eigenvalue weighted by molar-refractivity contribution is 6.28. The molecule has 8 heteroatoms. The minimum Gasteiger partial charge on any atom is -0.461 e. The zero-order chi connectivity index (χ0) is 15.4. The molecule has 0 fully saturated rings. The van der Waals surface area contributed by atoms with Gasteiger partial charge in [0.25, 0.3) is 0 Å². The molecule has 2 rings (SSSR count). The van der Waals surface area contributed by atoms with E-state index in [0.717, 1.165) is 6.07 Å². The molecular formula is C13H10ClFN4O2. The molecule has 6 nitrogen and oxygen atoms in total. The first-order valence-corrected chi connectivity index (χ1v) is 6.31. The van der Waals surface area contributed by atoms with Gasteiger partial charge in [-0.1, -0.05) is 0 Å². The topological polar surface area (TPSA) is 80.9 Å². The smallest absolute Gasteiger partial charge is 0.329 e. The molecule has 2 aromatic rings. The summed E-state index contributed by atoms with van der Waals surface area (Å²) in [5.41, 5.74) is -0.0835. The molecule has 1 aromatic heterocycles. The Morgan fingerprint density at radius 3 is 2.57 bits per heavy atom. The largest absolute Gasteiger partial charge is 0.461 e. The second-order valence-electron chi connectivity index (χ2n) is 4.19. The number of hydrogen-bond acceptors (Lipinski definition) is 6. The quantitative estimate of drug-likeness (QED) is 0.863. The molecule has 108 valence electrons. The molecule has 0 unspecified atom stereocenters. The van der Waals surface area contributed by atoms with Gasteiger partial charge in [-0.05, 0) is 37.6 Å². The van der Waals surface area contributed by atoms with E-state index in [0.29, 0.717) is 0 Å². The minimum absolute atomic E-state index is 0.00844. The molecule has 21 heavy (non-hydrogen) atoms. The Morgan fingerprint density at radius 1 is 1.24 bits per heavy atom. The fourth-order valence-electron chi connectivity index (χ4n) is 1.38. The molecule has 1 heterocycles. The normalized spacial score (nSPS) is 10.3. The zero-order valence-corrected chi connectivity index (χ0v) is 11.9. The molecule has 0 aliphatic carbocycles. The van der Waals surface area contributed by atoms with Gasteiger partial charge >= 0.3 is 12.0 Å². The third-order valence-electron chi connectivity index (χ3n) is 2.18. The maximum atomic E-state index is 13.5. The van der Waals surface area contributed by atoms with Crippen LogP contribution in [0.3, 0.4) is 0 Å². The average Bonchev–Trinajstić information content (AvgIpc) is 2.37. The first-order valence-electron chi connectivity index (χ1n) is 5.93. The lowest BCUT2D eigenvalue weighted by molar-refractivity contribution is 0.218. The van der Waals surface area contributed by atoms with Crippen molar-refractivity contribution in [2.24, 2.45) is 0 Å². The first-order chi connectivity index (χ1) is 9.97. The molecular weight excluding hydrogens is 299 g/mol. The van der Waals surface area contributed by atoms with Crippen molar-refractivity contribution in [1.29, 1.82) is 5.26 Å². The Morgan fingerprint density at radius 2 is 1.95 bits per heavy atom. The van der Waals surface area contributed by atoms with Crippen molar-refractivity contribution in [1.82, 2.24) is 15.0 Å². The molecule has 0 bridgehead atoms. The number of aromatic nitrogens is 3. The van der Waals surface area contributed by atoms with Gasteiger partial charge in [-0.2, -0.15) is 15.2 Å². The van der Waals surface area contributed by atoms with E-state index in [2.05, 4.69) is 15.0 Å². The Kier molecular flexibility index (Phi) is 4.50. The summed E-state index contributed by atoms with van der Waals surface area (Å²) in [5.74, 6) is -0.571. The summed E-state index contributed by atoms with van der Waals surface area (Å²) in [5, 5.41) is 8.55. The highest BCUT2D eigenvalue weighted by Crippen LogP contribution is 2.23. The van der Waals surface area contributed by atoms with Crippen LogP contribution < -0.4 is 9.47 Å². The molecule has 0 radical (unpaired) electrons. The molecule has 0 saturated carbocycles. The van der Waals surface area contributed by atoms with Crippen LogP contribution in [0.1, 0.15) is 19.4 Å². The van der Waals surface area contributed by atoms with Gasteiger partial charge in [0, 0.05) is 6.07 Å².